The molecule has 1 heterocycles. The molecule has 1 unspecified atom stereocenters. The minimum atomic E-state index is 0.130. The molecule has 0 aliphatic carbocycles. The molecule has 2 aromatic rings. The summed E-state index contributed by atoms with van der Waals surface area (Å²) in [5.74, 6) is 0. The fourth-order valence-corrected chi connectivity index (χ4v) is 3.41. The van der Waals surface area contributed by atoms with Gasteiger partial charge < -0.3 is 5.32 Å². The van der Waals surface area contributed by atoms with Gasteiger partial charge in [-0.25, -0.2) is 0 Å². The molecule has 1 aromatic heterocycles. The topological polar surface area (TPSA) is 29.9 Å². The Labute approximate surface area is 137 Å². The third-order valence-electron chi connectivity index (χ3n) is 3.31. The van der Waals surface area contributed by atoms with Crippen LogP contribution in [0.1, 0.15) is 22.9 Å². The first-order chi connectivity index (χ1) is 9.42. The second kappa shape index (κ2) is 6.48. The Hall–Kier alpha value is -0.550. The van der Waals surface area contributed by atoms with Gasteiger partial charge in [0.2, 0.25) is 0 Å². The Morgan fingerprint density at radius 1 is 1.35 bits per heavy atom. The Morgan fingerprint density at radius 2 is 2.05 bits per heavy atom. The number of nitrogens with zero attached hydrogens (tertiary/aromatic N) is 2. The van der Waals surface area contributed by atoms with Crippen LogP contribution in [0, 0.1) is 6.92 Å². The standard InChI is InChI=1S/C14H16BrCl2N3/c1-8-12(14(17)20(3)19-8)7-13(18-2)9-4-10(15)6-11(16)5-9/h4-6,13,18H,7H2,1-3H3. The summed E-state index contributed by atoms with van der Waals surface area (Å²) < 4.78 is 2.67. The monoisotopic (exact) mass is 375 g/mol. The van der Waals surface area contributed by atoms with E-state index >= 15 is 0 Å². The summed E-state index contributed by atoms with van der Waals surface area (Å²) in [7, 11) is 3.78. The molecule has 6 heteroatoms. The van der Waals surface area contributed by atoms with Gasteiger partial charge in [-0.2, -0.15) is 5.10 Å². The summed E-state index contributed by atoms with van der Waals surface area (Å²) in [4.78, 5) is 0. The number of aromatic nitrogens is 2. The summed E-state index contributed by atoms with van der Waals surface area (Å²) in [5.41, 5.74) is 3.13. The number of halogens is 3. The predicted octanol–water partition coefficient (Wildman–Crippen LogP) is 4.30. The largest absolute Gasteiger partial charge is 0.313 e. The molecule has 3 nitrogen and oxygen atoms in total. The maximum absolute atomic E-state index is 6.30. The Kier molecular flexibility index (Phi) is 5.13. The van der Waals surface area contributed by atoms with Gasteiger partial charge in [-0.3, -0.25) is 4.68 Å². The molecule has 0 aliphatic heterocycles. The van der Waals surface area contributed by atoms with Crippen LogP contribution in [0.15, 0.2) is 22.7 Å². The van der Waals surface area contributed by atoms with Crippen molar-refractivity contribution in [3.05, 3.63) is 49.7 Å². The number of hydrogen-bond acceptors (Lipinski definition) is 2. The van der Waals surface area contributed by atoms with Gasteiger partial charge in [0.1, 0.15) is 5.15 Å². The van der Waals surface area contributed by atoms with E-state index in [0.717, 1.165) is 27.7 Å². The van der Waals surface area contributed by atoms with E-state index in [1.165, 1.54) is 0 Å². The molecule has 1 N–H and O–H groups in total. The Bertz CT molecular complexity index is 605. The van der Waals surface area contributed by atoms with Gasteiger partial charge >= 0.3 is 0 Å². The van der Waals surface area contributed by atoms with Gasteiger partial charge in [0.15, 0.2) is 0 Å². The number of likely N-dealkylation sites (N-methyl/N-ethyl adjacent to an activating group) is 1. The zero-order chi connectivity index (χ0) is 14.9. The van der Waals surface area contributed by atoms with Crippen LogP contribution in [0.3, 0.4) is 0 Å². The average Bonchev–Trinajstić information content (AvgIpc) is 2.60. The third kappa shape index (κ3) is 3.37. The maximum Gasteiger partial charge on any atom is 0.130 e. The number of nitrogens with one attached hydrogen (secondary N) is 1. The van der Waals surface area contributed by atoms with Crippen LogP contribution in [0.2, 0.25) is 10.2 Å². The van der Waals surface area contributed by atoms with E-state index in [1.807, 2.05) is 33.2 Å². The highest BCUT2D eigenvalue weighted by atomic mass is 79.9. The van der Waals surface area contributed by atoms with Crippen LogP contribution in [0.4, 0.5) is 0 Å². The van der Waals surface area contributed by atoms with Crippen molar-refractivity contribution in [2.75, 3.05) is 7.05 Å². The second-order valence-electron chi connectivity index (χ2n) is 4.73. The van der Waals surface area contributed by atoms with Gasteiger partial charge in [0.05, 0.1) is 5.69 Å². The van der Waals surface area contributed by atoms with Gasteiger partial charge in [0, 0.05) is 28.1 Å². The van der Waals surface area contributed by atoms with Crippen molar-refractivity contribution < 1.29 is 0 Å². The first-order valence-electron chi connectivity index (χ1n) is 6.23. The van der Waals surface area contributed by atoms with E-state index in [2.05, 4.69) is 32.4 Å². The molecule has 20 heavy (non-hydrogen) atoms. The lowest BCUT2D eigenvalue weighted by Gasteiger charge is -2.17. The normalized spacial score (nSPS) is 12.7. The van der Waals surface area contributed by atoms with Crippen molar-refractivity contribution in [1.29, 1.82) is 0 Å². The smallest absolute Gasteiger partial charge is 0.130 e. The zero-order valence-electron chi connectivity index (χ0n) is 11.5. The third-order valence-corrected chi connectivity index (χ3v) is 4.46. The molecule has 0 spiro atoms. The van der Waals surface area contributed by atoms with E-state index < -0.39 is 0 Å². The summed E-state index contributed by atoms with van der Waals surface area (Å²) in [6, 6.07) is 6.03. The molecular weight excluding hydrogens is 361 g/mol. The van der Waals surface area contributed by atoms with E-state index in [1.54, 1.807) is 4.68 Å². The highest BCUT2D eigenvalue weighted by Gasteiger charge is 2.18. The van der Waals surface area contributed by atoms with Crippen LogP contribution in [-0.2, 0) is 13.5 Å². The van der Waals surface area contributed by atoms with Crippen LogP contribution >= 0.6 is 39.1 Å². The highest BCUT2D eigenvalue weighted by molar-refractivity contribution is 9.10. The lowest BCUT2D eigenvalue weighted by molar-refractivity contribution is 0.590. The Balaban J connectivity index is 2.33. The van der Waals surface area contributed by atoms with Crippen molar-refractivity contribution in [3.63, 3.8) is 0 Å². The number of aryl methyl sites for hydroxylation is 2. The van der Waals surface area contributed by atoms with E-state index in [9.17, 15) is 0 Å². The lowest BCUT2D eigenvalue weighted by atomic mass is 9.99. The van der Waals surface area contributed by atoms with Crippen LogP contribution in [-0.4, -0.2) is 16.8 Å². The molecule has 0 bridgehead atoms. The van der Waals surface area contributed by atoms with E-state index in [-0.39, 0.29) is 6.04 Å². The summed E-state index contributed by atoms with van der Waals surface area (Å²) in [6.07, 6.45) is 0.766. The molecule has 2 rings (SSSR count). The van der Waals surface area contributed by atoms with Crippen molar-refractivity contribution >= 4 is 39.1 Å². The van der Waals surface area contributed by atoms with Crippen LogP contribution < -0.4 is 5.32 Å². The summed E-state index contributed by atoms with van der Waals surface area (Å²) >= 11 is 15.9. The summed E-state index contributed by atoms with van der Waals surface area (Å²) in [6.45, 7) is 1.97. The van der Waals surface area contributed by atoms with E-state index in [0.29, 0.717) is 10.2 Å². The first-order valence-corrected chi connectivity index (χ1v) is 7.78. The fraction of sp³-hybridized carbons (Fsp3) is 0.357. The molecule has 1 atom stereocenters. The van der Waals surface area contributed by atoms with Gasteiger partial charge in [-0.05, 0) is 44.2 Å². The minimum absolute atomic E-state index is 0.130. The zero-order valence-corrected chi connectivity index (χ0v) is 14.6. The van der Waals surface area contributed by atoms with Crippen molar-refractivity contribution in [1.82, 2.24) is 15.1 Å². The summed E-state index contributed by atoms with van der Waals surface area (Å²) in [5, 5.41) is 9.05. The van der Waals surface area contributed by atoms with Gasteiger partial charge in [-0.1, -0.05) is 39.1 Å². The molecule has 0 saturated heterocycles. The Morgan fingerprint density at radius 3 is 2.55 bits per heavy atom. The molecule has 0 saturated carbocycles. The number of hydrogen-bond donors (Lipinski definition) is 1. The number of rotatable bonds is 4. The van der Waals surface area contributed by atoms with Crippen molar-refractivity contribution in [2.24, 2.45) is 7.05 Å². The molecule has 0 radical (unpaired) electrons. The molecule has 0 fully saturated rings. The average molecular weight is 377 g/mol. The second-order valence-corrected chi connectivity index (χ2v) is 6.44. The molecule has 108 valence electrons. The minimum Gasteiger partial charge on any atom is -0.313 e. The highest BCUT2D eigenvalue weighted by Crippen LogP contribution is 2.29. The molecular formula is C14H16BrCl2N3. The van der Waals surface area contributed by atoms with Gasteiger partial charge in [0.25, 0.3) is 0 Å². The van der Waals surface area contributed by atoms with Crippen LogP contribution in [0.5, 0.6) is 0 Å². The van der Waals surface area contributed by atoms with Crippen molar-refractivity contribution in [2.45, 2.75) is 19.4 Å². The quantitative estimate of drug-likeness (QED) is 0.861. The maximum atomic E-state index is 6.30. The van der Waals surface area contributed by atoms with Crippen LogP contribution in [0.25, 0.3) is 0 Å². The van der Waals surface area contributed by atoms with E-state index in [4.69, 9.17) is 23.2 Å². The number of benzene rings is 1. The lowest BCUT2D eigenvalue weighted by Crippen LogP contribution is -2.19. The molecule has 0 aliphatic rings. The fourth-order valence-electron chi connectivity index (χ4n) is 2.27. The first kappa shape index (κ1) is 15.8. The van der Waals surface area contributed by atoms with Gasteiger partial charge in [-0.15, -0.1) is 0 Å². The predicted molar refractivity (Wildman–Crippen MR) is 87.6 cm³/mol. The molecule has 1 aromatic carbocycles. The van der Waals surface area contributed by atoms with Crippen molar-refractivity contribution in [3.8, 4) is 0 Å². The SMILES string of the molecule is CNC(Cc1c(C)nn(C)c1Cl)c1cc(Cl)cc(Br)c1. The molecule has 0 amide bonds.